The van der Waals surface area contributed by atoms with Gasteiger partial charge in [0.1, 0.15) is 5.82 Å². The Kier molecular flexibility index (Phi) is 6.75. The quantitative estimate of drug-likeness (QED) is 0.604. The number of halogens is 2. The van der Waals surface area contributed by atoms with Crippen molar-refractivity contribution in [2.24, 2.45) is 0 Å². The van der Waals surface area contributed by atoms with Crippen LogP contribution >= 0.6 is 0 Å². The number of carbonyl (C=O) groups is 2. The fourth-order valence-electron chi connectivity index (χ4n) is 2.78. The molecule has 154 valence electrons. The van der Waals surface area contributed by atoms with Crippen LogP contribution in [0.3, 0.4) is 0 Å². The Balaban J connectivity index is 1.57. The molecule has 0 aliphatic heterocycles. The highest BCUT2D eigenvalue weighted by molar-refractivity contribution is 6.04. The van der Waals surface area contributed by atoms with Crippen LogP contribution in [0.1, 0.15) is 28.9 Å². The lowest BCUT2D eigenvalue weighted by molar-refractivity contribution is -0.123. The number of amides is 2. The van der Waals surface area contributed by atoms with Gasteiger partial charge in [-0.3, -0.25) is 9.59 Å². The smallest absolute Gasteiger partial charge is 0.258 e. The zero-order valence-electron chi connectivity index (χ0n) is 16.2. The summed E-state index contributed by atoms with van der Waals surface area (Å²) in [5, 5.41) is 5.55. The zero-order valence-corrected chi connectivity index (χ0v) is 16.2. The minimum atomic E-state index is -0.877. The first-order valence-corrected chi connectivity index (χ1v) is 9.26. The van der Waals surface area contributed by atoms with E-state index in [1.807, 2.05) is 12.1 Å². The SMILES string of the molecule is CC(NC(=O)COc1ccc(F)cc1F)c1cccc(NC(=O)c2ccccc2)c1. The molecule has 3 aromatic rings. The van der Waals surface area contributed by atoms with Crippen LogP contribution in [-0.4, -0.2) is 18.4 Å². The molecule has 3 aromatic carbocycles. The number of hydrogen-bond donors (Lipinski definition) is 2. The molecule has 0 aliphatic carbocycles. The van der Waals surface area contributed by atoms with E-state index in [4.69, 9.17) is 4.74 Å². The molecule has 3 rings (SSSR count). The van der Waals surface area contributed by atoms with Crippen molar-refractivity contribution in [3.8, 4) is 5.75 Å². The van der Waals surface area contributed by atoms with E-state index in [-0.39, 0.29) is 17.7 Å². The molecular weight excluding hydrogens is 390 g/mol. The summed E-state index contributed by atoms with van der Waals surface area (Å²) >= 11 is 0. The monoisotopic (exact) mass is 410 g/mol. The topological polar surface area (TPSA) is 67.4 Å². The molecule has 0 aromatic heterocycles. The molecule has 5 nitrogen and oxygen atoms in total. The summed E-state index contributed by atoms with van der Waals surface area (Å²) in [6, 6.07) is 18.4. The normalized spacial score (nSPS) is 11.4. The molecule has 30 heavy (non-hydrogen) atoms. The molecule has 0 heterocycles. The first-order valence-electron chi connectivity index (χ1n) is 9.26. The lowest BCUT2D eigenvalue weighted by atomic mass is 10.1. The van der Waals surface area contributed by atoms with E-state index in [0.29, 0.717) is 17.3 Å². The maximum Gasteiger partial charge on any atom is 0.258 e. The highest BCUT2D eigenvalue weighted by Crippen LogP contribution is 2.19. The Bertz CT molecular complexity index is 1040. The zero-order chi connectivity index (χ0) is 21.5. The molecule has 0 saturated carbocycles. The highest BCUT2D eigenvalue weighted by atomic mass is 19.1. The van der Waals surface area contributed by atoms with Gasteiger partial charge in [0.05, 0.1) is 6.04 Å². The van der Waals surface area contributed by atoms with Crippen molar-refractivity contribution in [2.45, 2.75) is 13.0 Å². The fraction of sp³-hybridized carbons (Fsp3) is 0.130. The first kappa shape index (κ1) is 21.0. The van der Waals surface area contributed by atoms with Crippen molar-refractivity contribution in [2.75, 3.05) is 11.9 Å². The van der Waals surface area contributed by atoms with E-state index < -0.39 is 24.1 Å². The molecule has 0 aliphatic rings. The number of carbonyl (C=O) groups excluding carboxylic acids is 2. The first-order chi connectivity index (χ1) is 14.4. The van der Waals surface area contributed by atoms with Gasteiger partial charge in [0.25, 0.3) is 11.8 Å². The Morgan fingerprint density at radius 1 is 0.967 bits per heavy atom. The van der Waals surface area contributed by atoms with Gasteiger partial charge in [-0.05, 0) is 48.9 Å². The predicted octanol–water partition coefficient (Wildman–Crippen LogP) is 4.47. The lowest BCUT2D eigenvalue weighted by Gasteiger charge is -2.16. The van der Waals surface area contributed by atoms with Crippen LogP contribution in [0.2, 0.25) is 0 Å². The Labute approximate surface area is 172 Å². The van der Waals surface area contributed by atoms with E-state index >= 15 is 0 Å². The van der Waals surface area contributed by atoms with Gasteiger partial charge in [-0.2, -0.15) is 0 Å². The van der Waals surface area contributed by atoms with Crippen LogP contribution in [-0.2, 0) is 4.79 Å². The molecule has 2 amide bonds. The van der Waals surface area contributed by atoms with Crippen LogP contribution in [0.5, 0.6) is 5.75 Å². The Morgan fingerprint density at radius 2 is 1.73 bits per heavy atom. The van der Waals surface area contributed by atoms with Gasteiger partial charge in [0.2, 0.25) is 0 Å². The molecular formula is C23H20F2N2O3. The summed E-state index contributed by atoms with van der Waals surface area (Å²) in [5.41, 5.74) is 1.89. The van der Waals surface area contributed by atoms with E-state index in [9.17, 15) is 18.4 Å². The maximum absolute atomic E-state index is 13.6. The molecule has 2 N–H and O–H groups in total. The molecule has 0 bridgehead atoms. The van der Waals surface area contributed by atoms with Gasteiger partial charge >= 0.3 is 0 Å². The lowest BCUT2D eigenvalue weighted by Crippen LogP contribution is -2.31. The standard InChI is InChI=1S/C23H20F2N2O3/c1-15(26-22(28)14-30-21-11-10-18(24)13-20(21)25)17-8-5-9-19(12-17)27-23(29)16-6-3-2-4-7-16/h2-13,15H,14H2,1H3,(H,26,28)(H,27,29). The molecule has 7 heteroatoms. The third-order valence-corrected chi connectivity index (χ3v) is 4.31. The van der Waals surface area contributed by atoms with E-state index in [0.717, 1.165) is 17.7 Å². The minimum absolute atomic E-state index is 0.204. The largest absolute Gasteiger partial charge is 0.481 e. The predicted molar refractivity (Wildman–Crippen MR) is 109 cm³/mol. The van der Waals surface area contributed by atoms with Crippen LogP contribution in [0.4, 0.5) is 14.5 Å². The average Bonchev–Trinajstić information content (AvgIpc) is 2.74. The van der Waals surface area contributed by atoms with Crippen LogP contribution in [0, 0.1) is 11.6 Å². The van der Waals surface area contributed by atoms with Crippen LogP contribution in [0.15, 0.2) is 72.8 Å². The number of rotatable bonds is 7. The van der Waals surface area contributed by atoms with Crippen molar-refractivity contribution in [3.63, 3.8) is 0 Å². The number of hydrogen-bond acceptors (Lipinski definition) is 3. The van der Waals surface area contributed by atoms with Gasteiger partial charge in [-0.25, -0.2) is 8.78 Å². The summed E-state index contributed by atoms with van der Waals surface area (Å²) in [6.07, 6.45) is 0. The van der Waals surface area contributed by atoms with Crippen molar-refractivity contribution < 1.29 is 23.1 Å². The minimum Gasteiger partial charge on any atom is -0.481 e. The van der Waals surface area contributed by atoms with Crippen molar-refractivity contribution >= 4 is 17.5 Å². The molecule has 1 atom stereocenters. The summed E-state index contributed by atoms with van der Waals surface area (Å²) in [4.78, 5) is 24.4. The maximum atomic E-state index is 13.6. The number of ether oxygens (including phenoxy) is 1. The van der Waals surface area contributed by atoms with Crippen LogP contribution in [0.25, 0.3) is 0 Å². The van der Waals surface area contributed by atoms with Gasteiger partial charge in [0.15, 0.2) is 18.2 Å². The number of anilines is 1. The summed E-state index contributed by atoms with van der Waals surface area (Å²) < 4.78 is 31.6. The summed E-state index contributed by atoms with van der Waals surface area (Å²) in [6.45, 7) is 1.35. The molecule has 0 fully saturated rings. The number of benzene rings is 3. The molecule has 0 radical (unpaired) electrons. The Hall–Kier alpha value is -3.74. The number of nitrogens with one attached hydrogen (secondary N) is 2. The van der Waals surface area contributed by atoms with Gasteiger partial charge in [-0.15, -0.1) is 0 Å². The fourth-order valence-corrected chi connectivity index (χ4v) is 2.78. The van der Waals surface area contributed by atoms with Crippen LogP contribution < -0.4 is 15.4 Å². The third-order valence-electron chi connectivity index (χ3n) is 4.31. The average molecular weight is 410 g/mol. The van der Waals surface area contributed by atoms with Gasteiger partial charge in [-0.1, -0.05) is 30.3 Å². The second-order valence-corrected chi connectivity index (χ2v) is 6.60. The van der Waals surface area contributed by atoms with Crippen molar-refractivity contribution in [1.82, 2.24) is 5.32 Å². The molecule has 1 unspecified atom stereocenters. The highest BCUT2D eigenvalue weighted by Gasteiger charge is 2.13. The van der Waals surface area contributed by atoms with E-state index in [2.05, 4.69) is 10.6 Å². The molecule has 0 spiro atoms. The Morgan fingerprint density at radius 3 is 2.47 bits per heavy atom. The van der Waals surface area contributed by atoms with E-state index in [1.54, 1.807) is 49.4 Å². The molecule has 0 saturated heterocycles. The second-order valence-electron chi connectivity index (χ2n) is 6.60. The van der Waals surface area contributed by atoms with Crippen molar-refractivity contribution in [1.29, 1.82) is 0 Å². The van der Waals surface area contributed by atoms with Gasteiger partial charge < -0.3 is 15.4 Å². The van der Waals surface area contributed by atoms with E-state index in [1.165, 1.54) is 0 Å². The second kappa shape index (κ2) is 9.65. The van der Waals surface area contributed by atoms with Gasteiger partial charge in [0, 0.05) is 17.3 Å². The summed E-state index contributed by atoms with van der Waals surface area (Å²) in [7, 11) is 0. The third kappa shape index (κ3) is 5.64. The summed E-state index contributed by atoms with van der Waals surface area (Å²) in [5.74, 6) is -2.51. The van der Waals surface area contributed by atoms with Crippen molar-refractivity contribution in [3.05, 3.63) is 95.6 Å².